The van der Waals surface area contributed by atoms with Crippen molar-refractivity contribution in [2.75, 3.05) is 6.54 Å². The van der Waals surface area contributed by atoms with Gasteiger partial charge in [-0.3, -0.25) is 4.79 Å². The first-order valence-electron chi connectivity index (χ1n) is 7.24. The molecule has 0 fully saturated rings. The number of fused-ring (bicyclic) bond motifs is 1. The van der Waals surface area contributed by atoms with E-state index in [1.807, 2.05) is 24.3 Å². The summed E-state index contributed by atoms with van der Waals surface area (Å²) in [6, 6.07) is 15.2. The number of hydrogen-bond donors (Lipinski definition) is 1. The molecular weight excluding hydrogens is 291 g/mol. The summed E-state index contributed by atoms with van der Waals surface area (Å²) in [5, 5.41) is 3.56. The number of nitrogens with zero attached hydrogens (tertiary/aromatic N) is 1. The summed E-state index contributed by atoms with van der Waals surface area (Å²) in [6.45, 7) is 3.99. The molecule has 0 saturated heterocycles. The largest absolute Gasteiger partial charge is 0.349 e. The third kappa shape index (κ3) is 3.11. The molecule has 1 heterocycles. The molecule has 4 heteroatoms. The summed E-state index contributed by atoms with van der Waals surface area (Å²) in [4.78, 5) is 17.0. The van der Waals surface area contributed by atoms with Crippen molar-refractivity contribution < 1.29 is 9.18 Å². The molecule has 0 saturated carbocycles. The molecule has 2 aromatic carbocycles. The average molecular weight is 306 g/mol. The molecule has 0 atom stereocenters. The third-order valence-electron chi connectivity index (χ3n) is 3.51. The minimum absolute atomic E-state index is 0.188. The first-order valence-corrected chi connectivity index (χ1v) is 7.24. The molecule has 0 radical (unpaired) electrons. The van der Waals surface area contributed by atoms with Crippen LogP contribution in [0.4, 0.5) is 4.39 Å². The molecular formula is C19H15FN2O. The van der Waals surface area contributed by atoms with Crippen LogP contribution in [0.5, 0.6) is 0 Å². The van der Waals surface area contributed by atoms with Gasteiger partial charge in [0.1, 0.15) is 5.82 Å². The van der Waals surface area contributed by atoms with E-state index in [-0.39, 0.29) is 11.7 Å². The van der Waals surface area contributed by atoms with Gasteiger partial charge in [-0.05, 0) is 36.4 Å². The van der Waals surface area contributed by atoms with E-state index in [1.54, 1.807) is 24.3 Å². The van der Waals surface area contributed by atoms with Crippen molar-refractivity contribution in [1.29, 1.82) is 0 Å². The highest BCUT2D eigenvalue weighted by Gasteiger charge is 2.13. The number of carbonyl (C=O) groups is 1. The van der Waals surface area contributed by atoms with Crippen molar-refractivity contribution >= 4 is 16.8 Å². The lowest BCUT2D eigenvalue weighted by atomic mass is 10.0. The zero-order valence-corrected chi connectivity index (χ0v) is 12.4. The van der Waals surface area contributed by atoms with Crippen LogP contribution in [-0.4, -0.2) is 17.4 Å². The third-order valence-corrected chi connectivity index (χ3v) is 3.51. The van der Waals surface area contributed by atoms with Crippen molar-refractivity contribution in [3.05, 3.63) is 78.6 Å². The fraction of sp³-hybridized carbons (Fsp3) is 0.0526. The molecule has 1 aromatic heterocycles. The van der Waals surface area contributed by atoms with E-state index < -0.39 is 0 Å². The Morgan fingerprint density at radius 1 is 1.17 bits per heavy atom. The Labute approximate surface area is 133 Å². The highest BCUT2D eigenvalue weighted by Crippen LogP contribution is 2.25. The van der Waals surface area contributed by atoms with E-state index in [0.717, 1.165) is 16.5 Å². The molecule has 1 amide bonds. The Morgan fingerprint density at radius 2 is 1.91 bits per heavy atom. The van der Waals surface area contributed by atoms with Crippen molar-refractivity contribution in [2.45, 2.75) is 0 Å². The van der Waals surface area contributed by atoms with Crippen LogP contribution in [0.1, 0.15) is 10.4 Å². The van der Waals surface area contributed by atoms with Gasteiger partial charge in [0.25, 0.3) is 5.91 Å². The quantitative estimate of drug-likeness (QED) is 0.741. The highest BCUT2D eigenvalue weighted by molar-refractivity contribution is 6.07. The lowest BCUT2D eigenvalue weighted by molar-refractivity contribution is 0.0959. The van der Waals surface area contributed by atoms with Crippen molar-refractivity contribution in [1.82, 2.24) is 10.3 Å². The maximum absolute atomic E-state index is 13.1. The number of amides is 1. The smallest absolute Gasteiger partial charge is 0.252 e. The van der Waals surface area contributed by atoms with E-state index in [1.165, 1.54) is 12.1 Å². The Hall–Kier alpha value is -3.01. The first kappa shape index (κ1) is 14.9. The van der Waals surface area contributed by atoms with Gasteiger partial charge in [-0.25, -0.2) is 9.37 Å². The van der Waals surface area contributed by atoms with E-state index in [2.05, 4.69) is 16.9 Å². The number of halogens is 1. The van der Waals surface area contributed by atoms with Gasteiger partial charge in [-0.15, -0.1) is 6.58 Å². The van der Waals surface area contributed by atoms with Crippen LogP contribution in [-0.2, 0) is 0 Å². The molecule has 0 aliphatic carbocycles. The monoisotopic (exact) mass is 306 g/mol. The van der Waals surface area contributed by atoms with Gasteiger partial charge >= 0.3 is 0 Å². The summed E-state index contributed by atoms with van der Waals surface area (Å²) < 4.78 is 13.1. The summed E-state index contributed by atoms with van der Waals surface area (Å²) in [5.41, 5.74) is 2.65. The zero-order chi connectivity index (χ0) is 16.2. The Balaban J connectivity index is 2.15. The minimum Gasteiger partial charge on any atom is -0.349 e. The van der Waals surface area contributed by atoms with Gasteiger partial charge in [0.2, 0.25) is 0 Å². The normalized spacial score (nSPS) is 10.5. The van der Waals surface area contributed by atoms with Gasteiger partial charge in [-0.2, -0.15) is 0 Å². The molecule has 3 rings (SSSR count). The SMILES string of the molecule is C=CCNC(=O)c1cc(-c2ccc(F)cc2)nc2ccccc12. The zero-order valence-electron chi connectivity index (χ0n) is 12.4. The predicted molar refractivity (Wildman–Crippen MR) is 89.7 cm³/mol. The second kappa shape index (κ2) is 6.40. The number of pyridine rings is 1. The van der Waals surface area contributed by atoms with E-state index in [0.29, 0.717) is 17.8 Å². The van der Waals surface area contributed by atoms with Crippen molar-refractivity contribution in [3.63, 3.8) is 0 Å². The topological polar surface area (TPSA) is 42.0 Å². The lowest BCUT2D eigenvalue weighted by Gasteiger charge is -2.10. The number of nitrogens with one attached hydrogen (secondary N) is 1. The second-order valence-corrected chi connectivity index (χ2v) is 5.08. The maximum Gasteiger partial charge on any atom is 0.252 e. The van der Waals surface area contributed by atoms with Gasteiger partial charge in [0.05, 0.1) is 16.8 Å². The molecule has 1 N–H and O–H groups in total. The van der Waals surface area contributed by atoms with Crippen LogP contribution in [0, 0.1) is 5.82 Å². The van der Waals surface area contributed by atoms with Crippen LogP contribution in [0.3, 0.4) is 0 Å². The number of rotatable bonds is 4. The van der Waals surface area contributed by atoms with Crippen molar-refractivity contribution in [3.8, 4) is 11.3 Å². The Kier molecular flexibility index (Phi) is 4.15. The number of aromatic nitrogens is 1. The fourth-order valence-corrected chi connectivity index (χ4v) is 2.39. The van der Waals surface area contributed by atoms with Gasteiger partial charge in [0, 0.05) is 17.5 Å². The van der Waals surface area contributed by atoms with E-state index in [4.69, 9.17) is 0 Å². The molecule has 0 aliphatic heterocycles. The second-order valence-electron chi connectivity index (χ2n) is 5.08. The molecule has 0 unspecified atom stereocenters. The standard InChI is InChI=1S/C19H15FN2O/c1-2-11-21-19(23)16-12-18(13-7-9-14(20)10-8-13)22-17-6-4-3-5-15(16)17/h2-10,12H,1,11H2,(H,21,23). The first-order chi connectivity index (χ1) is 11.2. The number of hydrogen-bond acceptors (Lipinski definition) is 2. The van der Waals surface area contributed by atoms with Gasteiger partial charge < -0.3 is 5.32 Å². The van der Waals surface area contributed by atoms with Gasteiger partial charge in [0.15, 0.2) is 0 Å². The highest BCUT2D eigenvalue weighted by atomic mass is 19.1. The van der Waals surface area contributed by atoms with Gasteiger partial charge in [-0.1, -0.05) is 24.3 Å². The number of para-hydroxylation sites is 1. The van der Waals surface area contributed by atoms with E-state index >= 15 is 0 Å². The Bertz CT molecular complexity index is 872. The summed E-state index contributed by atoms with van der Waals surface area (Å²) >= 11 is 0. The molecule has 114 valence electrons. The predicted octanol–water partition coefficient (Wildman–Crippen LogP) is 3.96. The minimum atomic E-state index is -0.307. The number of benzene rings is 2. The van der Waals surface area contributed by atoms with E-state index in [9.17, 15) is 9.18 Å². The molecule has 3 aromatic rings. The molecule has 23 heavy (non-hydrogen) atoms. The fourth-order valence-electron chi connectivity index (χ4n) is 2.39. The van der Waals surface area contributed by atoms with Crippen LogP contribution in [0.2, 0.25) is 0 Å². The molecule has 3 nitrogen and oxygen atoms in total. The summed E-state index contributed by atoms with van der Waals surface area (Å²) in [5.74, 6) is -0.495. The van der Waals surface area contributed by atoms with Crippen LogP contribution < -0.4 is 5.32 Å². The molecule has 0 spiro atoms. The molecule has 0 aliphatic rings. The average Bonchev–Trinajstić information content (AvgIpc) is 2.59. The summed E-state index contributed by atoms with van der Waals surface area (Å²) in [6.07, 6.45) is 1.63. The van der Waals surface area contributed by atoms with Crippen LogP contribution in [0.25, 0.3) is 22.2 Å². The van der Waals surface area contributed by atoms with Crippen molar-refractivity contribution in [2.24, 2.45) is 0 Å². The maximum atomic E-state index is 13.1. The number of carbonyl (C=O) groups excluding carboxylic acids is 1. The van der Waals surface area contributed by atoms with Crippen LogP contribution in [0.15, 0.2) is 67.3 Å². The molecule has 0 bridgehead atoms. The Morgan fingerprint density at radius 3 is 2.65 bits per heavy atom. The summed E-state index contributed by atoms with van der Waals surface area (Å²) in [7, 11) is 0. The van der Waals surface area contributed by atoms with Crippen LogP contribution >= 0.6 is 0 Å². The lowest BCUT2D eigenvalue weighted by Crippen LogP contribution is -2.23.